The van der Waals surface area contributed by atoms with Crippen LogP contribution >= 0.6 is 0 Å². The minimum Gasteiger partial charge on any atom is -0.481 e. The van der Waals surface area contributed by atoms with Crippen molar-refractivity contribution in [2.24, 2.45) is 0 Å². The lowest BCUT2D eigenvalue weighted by atomic mass is 9.82. The molecular weight excluding hydrogens is 271 g/mol. The molecule has 5 nitrogen and oxygen atoms in total. The second-order valence-corrected chi connectivity index (χ2v) is 5.11. The fourth-order valence-corrected chi connectivity index (χ4v) is 2.30. The van der Waals surface area contributed by atoms with Gasteiger partial charge in [-0.25, -0.2) is 19.3 Å². The summed E-state index contributed by atoms with van der Waals surface area (Å²) < 4.78 is 19.3. The van der Waals surface area contributed by atoms with Crippen LogP contribution in [0.3, 0.4) is 0 Å². The fraction of sp³-hybridized carbons (Fsp3) is 0.400. The Morgan fingerprint density at radius 1 is 1.29 bits per heavy atom. The molecule has 0 aromatic carbocycles. The molecule has 6 heteroatoms. The quantitative estimate of drug-likeness (QED) is 0.916. The van der Waals surface area contributed by atoms with Gasteiger partial charge in [-0.1, -0.05) is 12.5 Å². The zero-order chi connectivity index (χ0) is 14.7. The van der Waals surface area contributed by atoms with Gasteiger partial charge in [-0.3, -0.25) is 0 Å². The molecule has 1 fully saturated rings. The van der Waals surface area contributed by atoms with E-state index in [0.717, 1.165) is 24.8 Å². The molecule has 1 aliphatic rings. The summed E-state index contributed by atoms with van der Waals surface area (Å²) in [6, 6.07) is 3.65. The van der Waals surface area contributed by atoms with Crippen molar-refractivity contribution in [2.45, 2.75) is 31.7 Å². The highest BCUT2D eigenvalue weighted by molar-refractivity contribution is 5.39. The number of aromatic nitrogens is 3. The molecule has 0 unspecified atom stereocenters. The molecule has 0 saturated heterocycles. The van der Waals surface area contributed by atoms with Gasteiger partial charge >= 0.3 is 0 Å². The Kier molecular flexibility index (Phi) is 3.94. The van der Waals surface area contributed by atoms with Crippen LogP contribution in [-0.4, -0.2) is 22.1 Å². The predicted molar refractivity (Wildman–Crippen MR) is 76.7 cm³/mol. The van der Waals surface area contributed by atoms with Crippen LogP contribution in [0.25, 0.3) is 0 Å². The van der Waals surface area contributed by atoms with Crippen LogP contribution in [0.15, 0.2) is 24.7 Å². The van der Waals surface area contributed by atoms with E-state index in [2.05, 4.69) is 20.3 Å². The summed E-state index contributed by atoms with van der Waals surface area (Å²) in [5, 5.41) is 3.00. The molecular formula is C15H17FN4O. The number of hydrogen-bond acceptors (Lipinski definition) is 5. The Balaban J connectivity index is 1.69. The van der Waals surface area contributed by atoms with Crippen LogP contribution in [0.4, 0.5) is 10.2 Å². The van der Waals surface area contributed by atoms with Gasteiger partial charge in [-0.2, -0.15) is 0 Å². The first kappa shape index (κ1) is 13.7. The molecule has 110 valence electrons. The van der Waals surface area contributed by atoms with E-state index < -0.39 is 0 Å². The number of halogens is 1. The highest BCUT2D eigenvalue weighted by atomic mass is 19.1. The van der Waals surface area contributed by atoms with E-state index in [9.17, 15) is 4.39 Å². The SMILES string of the molecule is COc1ccc(CNc2ncnc(C3CCC3)c2F)cn1. The molecule has 0 radical (unpaired) electrons. The van der Waals surface area contributed by atoms with Crippen molar-refractivity contribution in [3.8, 4) is 5.88 Å². The average Bonchev–Trinajstić information content (AvgIpc) is 2.47. The van der Waals surface area contributed by atoms with Crippen molar-refractivity contribution in [1.82, 2.24) is 15.0 Å². The Morgan fingerprint density at radius 2 is 2.14 bits per heavy atom. The second kappa shape index (κ2) is 6.03. The Bertz CT molecular complexity index is 614. The monoisotopic (exact) mass is 288 g/mol. The predicted octanol–water partition coefficient (Wildman–Crippen LogP) is 2.90. The lowest BCUT2D eigenvalue weighted by molar-refractivity contribution is 0.393. The Hall–Kier alpha value is -2.24. The first-order valence-electron chi connectivity index (χ1n) is 7.01. The van der Waals surface area contributed by atoms with Crippen molar-refractivity contribution >= 4 is 5.82 Å². The number of ether oxygens (including phenoxy) is 1. The van der Waals surface area contributed by atoms with E-state index in [0.29, 0.717) is 18.1 Å². The maximum atomic E-state index is 14.3. The average molecular weight is 288 g/mol. The van der Waals surface area contributed by atoms with Gasteiger partial charge in [-0.05, 0) is 18.4 Å². The van der Waals surface area contributed by atoms with Crippen molar-refractivity contribution in [3.63, 3.8) is 0 Å². The highest BCUT2D eigenvalue weighted by Gasteiger charge is 2.25. The van der Waals surface area contributed by atoms with Gasteiger partial charge < -0.3 is 10.1 Å². The molecule has 2 aromatic rings. The normalized spacial score (nSPS) is 14.6. The third-order valence-electron chi connectivity index (χ3n) is 3.78. The molecule has 0 bridgehead atoms. The van der Waals surface area contributed by atoms with Gasteiger partial charge in [0, 0.05) is 24.7 Å². The van der Waals surface area contributed by atoms with E-state index in [4.69, 9.17) is 4.74 Å². The third kappa shape index (κ3) is 2.94. The third-order valence-corrected chi connectivity index (χ3v) is 3.78. The largest absolute Gasteiger partial charge is 0.481 e. The number of anilines is 1. The molecule has 0 amide bonds. The molecule has 3 rings (SSSR count). The molecule has 21 heavy (non-hydrogen) atoms. The maximum absolute atomic E-state index is 14.3. The first-order valence-corrected chi connectivity index (χ1v) is 7.01. The molecule has 2 aromatic heterocycles. The van der Waals surface area contributed by atoms with Gasteiger partial charge in [0.25, 0.3) is 0 Å². The summed E-state index contributed by atoms with van der Waals surface area (Å²) >= 11 is 0. The van der Waals surface area contributed by atoms with Gasteiger partial charge in [0.05, 0.1) is 12.8 Å². The molecule has 0 aliphatic heterocycles. The molecule has 0 atom stereocenters. The van der Waals surface area contributed by atoms with Crippen molar-refractivity contribution in [2.75, 3.05) is 12.4 Å². The van der Waals surface area contributed by atoms with Crippen molar-refractivity contribution in [1.29, 1.82) is 0 Å². The number of nitrogens with zero attached hydrogens (tertiary/aromatic N) is 3. The lowest BCUT2D eigenvalue weighted by Gasteiger charge is -2.25. The Labute approximate surface area is 122 Å². The Morgan fingerprint density at radius 3 is 2.76 bits per heavy atom. The summed E-state index contributed by atoms with van der Waals surface area (Å²) in [6.07, 6.45) is 6.28. The van der Waals surface area contributed by atoms with E-state index in [1.807, 2.05) is 6.07 Å². The number of rotatable bonds is 5. The van der Waals surface area contributed by atoms with Crippen LogP contribution < -0.4 is 10.1 Å². The maximum Gasteiger partial charge on any atom is 0.212 e. The number of pyridine rings is 1. The van der Waals surface area contributed by atoms with Gasteiger partial charge in [0.1, 0.15) is 6.33 Å². The zero-order valence-corrected chi connectivity index (χ0v) is 11.8. The van der Waals surface area contributed by atoms with Crippen molar-refractivity contribution < 1.29 is 9.13 Å². The van der Waals surface area contributed by atoms with Crippen LogP contribution in [0, 0.1) is 5.82 Å². The highest BCUT2D eigenvalue weighted by Crippen LogP contribution is 2.37. The number of methoxy groups -OCH3 is 1. The number of hydrogen-bond donors (Lipinski definition) is 1. The molecule has 1 saturated carbocycles. The van der Waals surface area contributed by atoms with Crippen LogP contribution in [-0.2, 0) is 6.54 Å². The fourth-order valence-electron chi connectivity index (χ4n) is 2.30. The van der Waals surface area contributed by atoms with Gasteiger partial charge in [0.2, 0.25) is 5.88 Å². The van der Waals surface area contributed by atoms with Gasteiger partial charge in [0.15, 0.2) is 11.6 Å². The van der Waals surface area contributed by atoms with E-state index >= 15 is 0 Å². The zero-order valence-electron chi connectivity index (χ0n) is 11.8. The van der Waals surface area contributed by atoms with E-state index in [-0.39, 0.29) is 17.6 Å². The molecule has 1 N–H and O–H groups in total. The summed E-state index contributed by atoms with van der Waals surface area (Å²) in [6.45, 7) is 0.453. The summed E-state index contributed by atoms with van der Waals surface area (Å²) in [7, 11) is 1.57. The van der Waals surface area contributed by atoms with E-state index in [1.54, 1.807) is 19.4 Å². The van der Waals surface area contributed by atoms with Crippen LogP contribution in [0.2, 0.25) is 0 Å². The first-order chi connectivity index (χ1) is 10.3. The lowest BCUT2D eigenvalue weighted by Crippen LogP contribution is -2.15. The molecule has 0 spiro atoms. The van der Waals surface area contributed by atoms with Crippen LogP contribution in [0.5, 0.6) is 5.88 Å². The molecule has 2 heterocycles. The second-order valence-electron chi connectivity index (χ2n) is 5.11. The summed E-state index contributed by atoms with van der Waals surface area (Å²) in [5.74, 6) is 0.724. The summed E-state index contributed by atoms with van der Waals surface area (Å²) in [5.41, 5.74) is 1.46. The number of nitrogens with one attached hydrogen (secondary N) is 1. The van der Waals surface area contributed by atoms with E-state index in [1.165, 1.54) is 6.33 Å². The summed E-state index contributed by atoms with van der Waals surface area (Å²) in [4.78, 5) is 12.2. The van der Waals surface area contributed by atoms with Gasteiger partial charge in [-0.15, -0.1) is 0 Å². The minimum atomic E-state index is -0.330. The van der Waals surface area contributed by atoms with Crippen LogP contribution in [0.1, 0.15) is 36.4 Å². The topological polar surface area (TPSA) is 59.9 Å². The standard InChI is InChI=1S/C15H17FN4O/c1-21-12-6-5-10(7-17-12)8-18-15-13(16)14(19-9-20-15)11-3-2-4-11/h5-7,9,11H,2-4,8H2,1H3,(H,18,19,20). The smallest absolute Gasteiger partial charge is 0.212 e. The molecule has 1 aliphatic carbocycles. The minimum absolute atomic E-state index is 0.246. The van der Waals surface area contributed by atoms with Crippen molar-refractivity contribution in [3.05, 3.63) is 41.7 Å².